The summed E-state index contributed by atoms with van der Waals surface area (Å²) in [5, 5.41) is 9.08. The first-order chi connectivity index (χ1) is 8.62. The Kier molecular flexibility index (Phi) is 6.56. The van der Waals surface area contributed by atoms with Gasteiger partial charge in [-0.3, -0.25) is 4.79 Å². The highest BCUT2D eigenvalue weighted by Crippen LogP contribution is 2.14. The fraction of sp³-hybridized carbons (Fsp3) is 0.917. The molecule has 3 N–H and O–H groups in total. The number of nitrogens with two attached hydrogens (primary N) is 1. The molecule has 0 radical (unpaired) electrons. The van der Waals surface area contributed by atoms with Gasteiger partial charge in [-0.05, 0) is 13.8 Å². The van der Waals surface area contributed by atoms with Crippen LogP contribution in [0.3, 0.4) is 0 Å². The highest BCUT2D eigenvalue weighted by molar-refractivity contribution is 5.77. The van der Waals surface area contributed by atoms with Crippen LogP contribution in [0.25, 0.3) is 0 Å². The first-order valence-corrected chi connectivity index (χ1v) is 6.45. The Balaban J connectivity index is 2.52. The quantitative estimate of drug-likeness (QED) is 0.663. The Hall–Kier alpha value is -0.690. The van der Waals surface area contributed by atoms with Crippen molar-refractivity contribution in [2.24, 2.45) is 5.73 Å². The Morgan fingerprint density at radius 3 is 2.94 bits per heavy atom. The van der Waals surface area contributed by atoms with Crippen molar-refractivity contribution in [2.75, 3.05) is 32.9 Å². The van der Waals surface area contributed by atoms with Gasteiger partial charge in [0.2, 0.25) is 5.91 Å². The van der Waals surface area contributed by atoms with E-state index in [1.807, 2.05) is 13.8 Å². The summed E-state index contributed by atoms with van der Waals surface area (Å²) in [5.74, 6) is 0.00755. The molecular weight excluding hydrogens is 236 g/mol. The van der Waals surface area contributed by atoms with Crippen LogP contribution in [0.1, 0.15) is 20.3 Å². The zero-order valence-electron chi connectivity index (χ0n) is 11.2. The van der Waals surface area contributed by atoms with Crippen LogP contribution in [0.4, 0.5) is 0 Å². The molecule has 0 aromatic carbocycles. The average molecular weight is 260 g/mol. The second kappa shape index (κ2) is 7.68. The van der Waals surface area contributed by atoms with Gasteiger partial charge in [-0.1, -0.05) is 0 Å². The number of aliphatic hydroxyl groups excluding tert-OH is 1. The van der Waals surface area contributed by atoms with Gasteiger partial charge in [-0.2, -0.15) is 0 Å². The molecule has 1 heterocycles. The molecular formula is C12H24N2O4. The van der Waals surface area contributed by atoms with E-state index in [9.17, 15) is 4.79 Å². The van der Waals surface area contributed by atoms with Gasteiger partial charge >= 0.3 is 0 Å². The maximum atomic E-state index is 12.2. The second-order valence-corrected chi connectivity index (χ2v) is 4.55. The van der Waals surface area contributed by atoms with Crippen molar-refractivity contribution in [3.05, 3.63) is 0 Å². The van der Waals surface area contributed by atoms with E-state index >= 15 is 0 Å². The maximum absolute atomic E-state index is 12.2. The minimum absolute atomic E-state index is 0.00755. The van der Waals surface area contributed by atoms with E-state index in [1.54, 1.807) is 4.90 Å². The number of aliphatic hydroxyl groups is 1. The minimum atomic E-state index is -0.284. The summed E-state index contributed by atoms with van der Waals surface area (Å²) in [5.41, 5.74) is 5.56. The molecule has 6 heteroatoms. The van der Waals surface area contributed by atoms with Gasteiger partial charge in [0.25, 0.3) is 0 Å². The maximum Gasteiger partial charge on any atom is 0.225 e. The first-order valence-electron chi connectivity index (χ1n) is 6.45. The van der Waals surface area contributed by atoms with Crippen LogP contribution >= 0.6 is 0 Å². The number of amides is 1. The summed E-state index contributed by atoms with van der Waals surface area (Å²) < 4.78 is 10.8. The van der Waals surface area contributed by atoms with Crippen molar-refractivity contribution >= 4 is 5.91 Å². The number of ether oxygens (including phenoxy) is 2. The molecule has 0 spiro atoms. The highest BCUT2D eigenvalue weighted by atomic mass is 16.5. The second-order valence-electron chi connectivity index (χ2n) is 4.55. The molecule has 3 atom stereocenters. The molecule has 0 aromatic rings. The average Bonchev–Trinajstić information content (AvgIpc) is 2.38. The van der Waals surface area contributed by atoms with E-state index in [4.69, 9.17) is 20.3 Å². The van der Waals surface area contributed by atoms with Crippen LogP contribution in [0, 0.1) is 0 Å². The molecule has 0 bridgehead atoms. The molecule has 6 nitrogen and oxygen atoms in total. The lowest BCUT2D eigenvalue weighted by molar-refractivity contribution is -0.148. The van der Waals surface area contributed by atoms with Crippen molar-refractivity contribution in [3.63, 3.8) is 0 Å². The fourth-order valence-electron chi connectivity index (χ4n) is 2.03. The lowest BCUT2D eigenvalue weighted by Gasteiger charge is -2.38. The molecule has 1 rings (SSSR count). The van der Waals surface area contributed by atoms with Crippen LogP contribution in [0.15, 0.2) is 0 Å². The topological polar surface area (TPSA) is 85.0 Å². The predicted octanol–water partition coefficient (Wildman–Crippen LogP) is -0.651. The summed E-state index contributed by atoms with van der Waals surface area (Å²) in [6, 6.07) is 0.0281. The van der Waals surface area contributed by atoms with Crippen LogP contribution in [-0.4, -0.2) is 67.1 Å². The van der Waals surface area contributed by atoms with Crippen molar-refractivity contribution in [1.82, 2.24) is 4.90 Å². The molecule has 0 aliphatic carbocycles. The molecule has 1 aliphatic rings. The lowest BCUT2D eigenvalue weighted by atomic mass is 10.1. The smallest absolute Gasteiger partial charge is 0.225 e. The monoisotopic (exact) mass is 260 g/mol. The van der Waals surface area contributed by atoms with Gasteiger partial charge in [0.05, 0.1) is 37.9 Å². The van der Waals surface area contributed by atoms with Gasteiger partial charge < -0.3 is 25.2 Å². The Bertz CT molecular complexity index is 262. The van der Waals surface area contributed by atoms with E-state index in [1.165, 1.54) is 0 Å². The largest absolute Gasteiger partial charge is 0.394 e. The van der Waals surface area contributed by atoms with Gasteiger partial charge in [-0.25, -0.2) is 0 Å². The van der Waals surface area contributed by atoms with E-state index in [0.29, 0.717) is 26.3 Å². The first kappa shape index (κ1) is 15.4. The third-order valence-electron chi connectivity index (χ3n) is 3.10. The Labute approximate surface area is 108 Å². The molecule has 1 amide bonds. The molecule has 18 heavy (non-hydrogen) atoms. The molecule has 0 aromatic heterocycles. The fourth-order valence-corrected chi connectivity index (χ4v) is 2.03. The summed E-state index contributed by atoms with van der Waals surface area (Å²) in [4.78, 5) is 13.9. The van der Waals surface area contributed by atoms with Crippen LogP contribution in [-0.2, 0) is 14.3 Å². The number of nitrogens with zero attached hydrogens (tertiary/aromatic N) is 1. The van der Waals surface area contributed by atoms with Crippen molar-refractivity contribution in [2.45, 2.75) is 38.5 Å². The summed E-state index contributed by atoms with van der Waals surface area (Å²) in [6.07, 6.45) is -0.231. The van der Waals surface area contributed by atoms with Crippen LogP contribution in [0.5, 0.6) is 0 Å². The SMILES string of the molecule is CCOC(CN)CC(=O)N1CC(CO)OCC1C. The number of morpholine rings is 1. The summed E-state index contributed by atoms with van der Waals surface area (Å²) in [6.45, 7) is 5.52. The molecule has 1 aliphatic heterocycles. The van der Waals surface area contributed by atoms with Crippen molar-refractivity contribution < 1.29 is 19.4 Å². The number of hydrogen-bond donors (Lipinski definition) is 2. The van der Waals surface area contributed by atoms with Crippen molar-refractivity contribution in [3.8, 4) is 0 Å². The molecule has 1 fully saturated rings. The van der Waals surface area contributed by atoms with Gasteiger partial charge in [-0.15, -0.1) is 0 Å². The predicted molar refractivity (Wildman–Crippen MR) is 67.1 cm³/mol. The number of rotatable bonds is 6. The number of carbonyl (C=O) groups is 1. The summed E-state index contributed by atoms with van der Waals surface area (Å²) >= 11 is 0. The third-order valence-corrected chi connectivity index (χ3v) is 3.10. The van der Waals surface area contributed by atoms with Crippen LogP contribution in [0.2, 0.25) is 0 Å². The third kappa shape index (κ3) is 4.20. The Morgan fingerprint density at radius 2 is 2.39 bits per heavy atom. The summed E-state index contributed by atoms with van der Waals surface area (Å²) in [7, 11) is 0. The van der Waals surface area contributed by atoms with Gasteiger partial charge in [0.1, 0.15) is 0 Å². The standard InChI is InChI=1S/C12H24N2O4/c1-3-17-10(5-13)4-12(16)14-6-11(7-15)18-8-9(14)2/h9-11,15H,3-8,13H2,1-2H3. The Morgan fingerprint density at radius 1 is 1.67 bits per heavy atom. The van der Waals surface area contributed by atoms with E-state index < -0.39 is 0 Å². The molecule has 106 valence electrons. The zero-order chi connectivity index (χ0) is 13.5. The van der Waals surface area contributed by atoms with Crippen molar-refractivity contribution in [1.29, 1.82) is 0 Å². The molecule has 3 unspecified atom stereocenters. The van der Waals surface area contributed by atoms with Gasteiger partial charge in [0, 0.05) is 19.7 Å². The normalized spacial score (nSPS) is 26.1. The number of carbonyl (C=O) groups excluding carboxylic acids is 1. The highest BCUT2D eigenvalue weighted by Gasteiger charge is 2.30. The van der Waals surface area contributed by atoms with E-state index in [0.717, 1.165) is 0 Å². The van der Waals surface area contributed by atoms with E-state index in [2.05, 4.69) is 0 Å². The molecule has 0 saturated carbocycles. The van der Waals surface area contributed by atoms with E-state index in [-0.39, 0.29) is 37.2 Å². The zero-order valence-corrected chi connectivity index (χ0v) is 11.2. The van der Waals surface area contributed by atoms with Gasteiger partial charge in [0.15, 0.2) is 0 Å². The minimum Gasteiger partial charge on any atom is -0.394 e. The molecule has 1 saturated heterocycles. The van der Waals surface area contributed by atoms with Crippen LogP contribution < -0.4 is 5.73 Å². The number of hydrogen-bond acceptors (Lipinski definition) is 5. The lowest BCUT2D eigenvalue weighted by Crippen LogP contribution is -2.52.